The highest BCUT2D eigenvalue weighted by molar-refractivity contribution is 9.10. The molecule has 2 N–H and O–H groups in total. The Bertz CT molecular complexity index is 764. The lowest BCUT2D eigenvalue weighted by Gasteiger charge is -2.30. The first-order chi connectivity index (χ1) is 11.0. The van der Waals surface area contributed by atoms with Gasteiger partial charge < -0.3 is 10.2 Å². The maximum Gasteiger partial charge on any atom is 0.202 e. The molecule has 0 amide bonds. The van der Waals surface area contributed by atoms with Crippen LogP contribution >= 0.6 is 40.1 Å². The average molecular weight is 430 g/mol. The first-order valence-electron chi connectivity index (χ1n) is 7.31. The molecule has 0 radical (unpaired) electrons. The van der Waals surface area contributed by atoms with Crippen molar-refractivity contribution in [2.45, 2.75) is 25.3 Å². The Morgan fingerprint density at radius 2 is 2.25 bits per heavy atom. The van der Waals surface area contributed by atoms with E-state index in [2.05, 4.69) is 27.8 Å². The predicted octanol–water partition coefficient (Wildman–Crippen LogP) is 4.56. The third kappa shape index (κ3) is 4.23. The number of furan rings is 1. The van der Waals surface area contributed by atoms with Gasteiger partial charge in [-0.15, -0.1) is 12.4 Å². The van der Waals surface area contributed by atoms with E-state index in [0.717, 1.165) is 27.8 Å². The van der Waals surface area contributed by atoms with Crippen molar-refractivity contribution >= 4 is 51.0 Å². The second-order valence-electron chi connectivity index (χ2n) is 5.75. The van der Waals surface area contributed by atoms with E-state index in [1.165, 1.54) is 6.26 Å². The van der Waals surface area contributed by atoms with Gasteiger partial charge in [0.1, 0.15) is 0 Å². The molecule has 24 heavy (non-hydrogen) atoms. The van der Waals surface area contributed by atoms with Crippen molar-refractivity contribution in [2.24, 2.45) is 10.7 Å². The summed E-state index contributed by atoms with van der Waals surface area (Å²) in [5, 5.41) is 0.618. The molecule has 0 spiro atoms. The van der Waals surface area contributed by atoms with Gasteiger partial charge in [0.25, 0.3) is 0 Å². The normalized spacial score (nSPS) is 20.2. The molecule has 3 rings (SSSR count). The number of nitrogens with two attached hydrogens (primary N) is 1. The Labute approximate surface area is 159 Å². The van der Waals surface area contributed by atoms with Crippen molar-refractivity contribution in [3.8, 4) is 0 Å². The van der Waals surface area contributed by atoms with Crippen molar-refractivity contribution in [1.82, 2.24) is 0 Å². The van der Waals surface area contributed by atoms with E-state index < -0.39 is 0 Å². The molecule has 4 nitrogen and oxygen atoms in total. The standard InChI is InChI=1S/C17H17BrN2O2S.ClH/c1-17(4-6-23-16(19)20-17)12-7-11(8-13(18)10-12)9-14(21)15-3-2-5-22-15;/h2-3,5,7-8,10H,4,6,9H2,1H3,(H2,19,20);1H. The van der Waals surface area contributed by atoms with E-state index >= 15 is 0 Å². The highest BCUT2D eigenvalue weighted by Gasteiger charge is 2.30. The lowest BCUT2D eigenvalue weighted by atomic mass is 9.88. The zero-order chi connectivity index (χ0) is 16.4. The fourth-order valence-corrected chi connectivity index (χ4v) is 4.18. The molecule has 0 saturated heterocycles. The van der Waals surface area contributed by atoms with E-state index in [0.29, 0.717) is 17.3 Å². The molecule has 7 heteroatoms. The number of Topliss-reactive ketones (excluding diaryl/α,β-unsaturated/α-hetero) is 1. The van der Waals surface area contributed by atoms with Gasteiger partial charge in [-0.2, -0.15) is 0 Å². The molecule has 1 atom stereocenters. The first kappa shape index (κ1) is 19.1. The van der Waals surface area contributed by atoms with E-state index in [4.69, 9.17) is 10.2 Å². The van der Waals surface area contributed by atoms with Crippen LogP contribution in [0.4, 0.5) is 0 Å². The van der Waals surface area contributed by atoms with E-state index in [9.17, 15) is 4.79 Å². The van der Waals surface area contributed by atoms with Crippen LogP contribution < -0.4 is 5.73 Å². The summed E-state index contributed by atoms with van der Waals surface area (Å²) in [6.45, 7) is 2.08. The van der Waals surface area contributed by atoms with Gasteiger partial charge in [0.15, 0.2) is 10.9 Å². The van der Waals surface area contributed by atoms with Crippen molar-refractivity contribution < 1.29 is 9.21 Å². The number of hydrogen-bond acceptors (Lipinski definition) is 5. The van der Waals surface area contributed by atoms with Crippen molar-refractivity contribution in [2.75, 3.05) is 5.75 Å². The monoisotopic (exact) mass is 428 g/mol. The van der Waals surface area contributed by atoms with Gasteiger partial charge >= 0.3 is 0 Å². The van der Waals surface area contributed by atoms with Crippen LogP contribution in [0, 0.1) is 0 Å². The van der Waals surface area contributed by atoms with Crippen LogP contribution in [0.2, 0.25) is 0 Å². The third-order valence-corrected chi connectivity index (χ3v) is 5.19. The number of carbonyl (C=O) groups excluding carboxylic acids is 1. The fraction of sp³-hybridized carbons (Fsp3) is 0.294. The number of halogens is 2. The van der Waals surface area contributed by atoms with E-state index in [1.54, 1.807) is 23.9 Å². The van der Waals surface area contributed by atoms with Crippen LogP contribution in [-0.4, -0.2) is 16.7 Å². The zero-order valence-corrected chi connectivity index (χ0v) is 16.3. The summed E-state index contributed by atoms with van der Waals surface area (Å²) in [6, 6.07) is 9.45. The van der Waals surface area contributed by atoms with Gasteiger partial charge in [0.05, 0.1) is 11.8 Å². The molecule has 0 bridgehead atoms. The summed E-state index contributed by atoms with van der Waals surface area (Å²) in [6.07, 6.45) is 2.72. The molecule has 0 saturated carbocycles. The fourth-order valence-electron chi connectivity index (χ4n) is 2.67. The van der Waals surface area contributed by atoms with Crippen LogP contribution in [-0.2, 0) is 12.0 Å². The Morgan fingerprint density at radius 3 is 2.92 bits per heavy atom. The second-order valence-corrected chi connectivity index (χ2v) is 7.78. The number of carbonyl (C=O) groups is 1. The molecule has 2 heterocycles. The van der Waals surface area contributed by atoms with Crippen molar-refractivity contribution in [3.05, 3.63) is 58.0 Å². The molecule has 2 aromatic rings. The Hall–Kier alpha value is -1.24. The van der Waals surface area contributed by atoms with Crippen LogP contribution in [0.15, 0.2) is 50.5 Å². The predicted molar refractivity (Wildman–Crippen MR) is 104 cm³/mol. The minimum atomic E-state index is -0.346. The van der Waals surface area contributed by atoms with Crippen LogP contribution in [0.25, 0.3) is 0 Å². The summed E-state index contributed by atoms with van der Waals surface area (Å²) in [5.74, 6) is 1.29. The number of nitrogens with zero attached hydrogens (tertiary/aromatic N) is 1. The molecule has 1 aliphatic heterocycles. The lowest BCUT2D eigenvalue weighted by Crippen LogP contribution is -2.28. The van der Waals surface area contributed by atoms with Crippen LogP contribution in [0.1, 0.15) is 35.0 Å². The molecule has 1 aliphatic rings. The lowest BCUT2D eigenvalue weighted by molar-refractivity contribution is 0.0966. The quantitative estimate of drug-likeness (QED) is 0.724. The number of rotatable bonds is 4. The van der Waals surface area contributed by atoms with Gasteiger partial charge in [0, 0.05) is 16.6 Å². The number of thioether (sulfide) groups is 1. The van der Waals surface area contributed by atoms with Gasteiger partial charge in [-0.05, 0) is 48.7 Å². The summed E-state index contributed by atoms with van der Waals surface area (Å²) in [5.41, 5.74) is 7.56. The Kier molecular flexibility index (Phi) is 6.17. The topological polar surface area (TPSA) is 68.6 Å². The van der Waals surface area contributed by atoms with Crippen molar-refractivity contribution in [3.63, 3.8) is 0 Å². The molecular weight excluding hydrogens is 412 g/mol. The Morgan fingerprint density at radius 1 is 1.46 bits per heavy atom. The maximum atomic E-state index is 12.2. The van der Waals surface area contributed by atoms with Crippen LogP contribution in [0.5, 0.6) is 0 Å². The number of ketones is 1. The number of hydrogen-bond donors (Lipinski definition) is 1. The molecule has 0 fully saturated rings. The SMILES string of the molecule is CC1(c2cc(Br)cc(CC(=O)c3ccco3)c2)CCSC(N)=N1.Cl. The highest BCUT2D eigenvalue weighted by Crippen LogP contribution is 2.36. The maximum absolute atomic E-state index is 12.2. The molecular formula is C17H18BrClN2O2S. The number of amidine groups is 1. The smallest absolute Gasteiger partial charge is 0.202 e. The highest BCUT2D eigenvalue weighted by atomic mass is 79.9. The molecule has 1 aromatic carbocycles. The molecule has 1 aromatic heterocycles. The van der Waals surface area contributed by atoms with Gasteiger partial charge in [-0.3, -0.25) is 9.79 Å². The van der Waals surface area contributed by atoms with Gasteiger partial charge in [-0.25, -0.2) is 0 Å². The van der Waals surface area contributed by atoms with Crippen LogP contribution in [0.3, 0.4) is 0 Å². The summed E-state index contributed by atoms with van der Waals surface area (Å²) < 4.78 is 6.11. The molecule has 128 valence electrons. The van der Waals surface area contributed by atoms with E-state index in [-0.39, 0.29) is 23.7 Å². The largest absolute Gasteiger partial charge is 0.461 e. The molecule has 0 aliphatic carbocycles. The minimum Gasteiger partial charge on any atom is -0.461 e. The first-order valence-corrected chi connectivity index (χ1v) is 9.09. The summed E-state index contributed by atoms with van der Waals surface area (Å²) in [7, 11) is 0. The molecule has 1 unspecified atom stereocenters. The average Bonchev–Trinajstić information content (AvgIpc) is 3.00. The number of benzene rings is 1. The van der Waals surface area contributed by atoms with E-state index in [1.807, 2.05) is 18.2 Å². The van der Waals surface area contributed by atoms with Gasteiger partial charge in [-0.1, -0.05) is 33.8 Å². The van der Waals surface area contributed by atoms with Gasteiger partial charge in [0.2, 0.25) is 5.78 Å². The summed E-state index contributed by atoms with van der Waals surface area (Å²) in [4.78, 5) is 16.9. The minimum absolute atomic E-state index is 0. The zero-order valence-electron chi connectivity index (χ0n) is 13.1. The summed E-state index contributed by atoms with van der Waals surface area (Å²) >= 11 is 5.12. The number of aliphatic imine (C=N–C) groups is 1. The second kappa shape index (κ2) is 7.76. The van der Waals surface area contributed by atoms with Crippen molar-refractivity contribution in [1.29, 1.82) is 0 Å². The third-order valence-electron chi connectivity index (χ3n) is 3.94. The Balaban J connectivity index is 0.00000208.